The number of rotatable bonds is 7. The van der Waals surface area contributed by atoms with Crippen molar-refractivity contribution in [1.82, 2.24) is 10.2 Å². The van der Waals surface area contributed by atoms with Gasteiger partial charge in [-0.05, 0) is 49.2 Å². The molecule has 2 aromatic rings. The quantitative estimate of drug-likeness (QED) is 0.810. The molecule has 2 aromatic carbocycles. The molecule has 0 radical (unpaired) electrons. The first-order chi connectivity index (χ1) is 12.0. The molecule has 1 N–H and O–H groups in total. The number of carbonyl (C=O) groups is 1. The molecule has 0 spiro atoms. The molecule has 4 heteroatoms. The van der Waals surface area contributed by atoms with Gasteiger partial charge in [-0.2, -0.15) is 0 Å². The Bertz CT molecular complexity index is 689. The monoisotopic (exact) mass is 340 g/mol. The Morgan fingerprint density at radius 3 is 2.24 bits per heavy atom. The Kier molecular flexibility index (Phi) is 7.02. The first-order valence-corrected chi connectivity index (χ1v) is 8.85. The number of para-hydroxylation sites is 1. The van der Waals surface area contributed by atoms with E-state index in [4.69, 9.17) is 4.74 Å². The molecule has 0 heterocycles. The highest BCUT2D eigenvalue weighted by molar-refractivity contribution is 5.71. The largest absolute Gasteiger partial charge is 0.412 e. The molecule has 25 heavy (non-hydrogen) atoms. The molecular formula is C21H28N2O2. The van der Waals surface area contributed by atoms with Crippen LogP contribution in [-0.2, 0) is 13.1 Å². The molecule has 0 bridgehead atoms. The molecule has 2 rings (SSSR count). The molecule has 0 fully saturated rings. The van der Waals surface area contributed by atoms with Gasteiger partial charge in [-0.3, -0.25) is 4.90 Å². The van der Waals surface area contributed by atoms with Crippen molar-refractivity contribution in [3.63, 3.8) is 0 Å². The predicted molar refractivity (Wildman–Crippen MR) is 102 cm³/mol. The zero-order valence-electron chi connectivity index (χ0n) is 15.6. The summed E-state index contributed by atoms with van der Waals surface area (Å²) in [7, 11) is 0. The van der Waals surface area contributed by atoms with Crippen molar-refractivity contribution in [3.8, 4) is 5.75 Å². The highest BCUT2D eigenvalue weighted by Gasteiger charge is 2.09. The van der Waals surface area contributed by atoms with Gasteiger partial charge in [-0.1, -0.05) is 56.3 Å². The standard InChI is InChI=1S/C21H28N2O2/c1-5-23(6-2)15-19-12-8-11-18(13-19)14-22-21(24)25-20-16(3)9-7-10-17(20)4/h7-13H,5-6,14-15H2,1-4H3,(H,22,24). The summed E-state index contributed by atoms with van der Waals surface area (Å²) in [6, 6.07) is 14.1. The molecule has 0 aliphatic heterocycles. The highest BCUT2D eigenvalue weighted by Crippen LogP contribution is 2.22. The maximum absolute atomic E-state index is 12.1. The van der Waals surface area contributed by atoms with Gasteiger partial charge in [-0.25, -0.2) is 4.79 Å². The Morgan fingerprint density at radius 1 is 1.00 bits per heavy atom. The summed E-state index contributed by atoms with van der Waals surface area (Å²) in [5.41, 5.74) is 4.24. The van der Waals surface area contributed by atoms with E-state index in [1.54, 1.807) is 0 Å². The Balaban J connectivity index is 1.93. The lowest BCUT2D eigenvalue weighted by Gasteiger charge is -2.18. The van der Waals surface area contributed by atoms with Crippen molar-refractivity contribution in [1.29, 1.82) is 0 Å². The first-order valence-electron chi connectivity index (χ1n) is 8.85. The number of aryl methyl sites for hydroxylation is 2. The maximum Gasteiger partial charge on any atom is 0.412 e. The number of amides is 1. The first kappa shape index (κ1) is 19.0. The minimum atomic E-state index is -0.424. The fourth-order valence-electron chi connectivity index (χ4n) is 2.81. The van der Waals surface area contributed by atoms with Crippen LogP contribution in [0.4, 0.5) is 4.79 Å². The summed E-state index contributed by atoms with van der Waals surface area (Å²) in [5, 5.41) is 2.84. The van der Waals surface area contributed by atoms with Crippen LogP contribution in [0.1, 0.15) is 36.1 Å². The van der Waals surface area contributed by atoms with E-state index in [1.165, 1.54) is 5.56 Å². The third-order valence-electron chi connectivity index (χ3n) is 4.33. The topological polar surface area (TPSA) is 41.6 Å². The summed E-state index contributed by atoms with van der Waals surface area (Å²) in [5.74, 6) is 0.635. The lowest BCUT2D eigenvalue weighted by molar-refractivity contribution is 0.199. The van der Waals surface area contributed by atoms with Gasteiger partial charge in [-0.15, -0.1) is 0 Å². The number of carbonyl (C=O) groups excluding carboxylic acids is 1. The van der Waals surface area contributed by atoms with E-state index in [0.717, 1.165) is 36.3 Å². The van der Waals surface area contributed by atoms with Crippen LogP contribution in [0, 0.1) is 13.8 Å². The van der Waals surface area contributed by atoms with Gasteiger partial charge in [0.15, 0.2) is 0 Å². The van der Waals surface area contributed by atoms with E-state index in [-0.39, 0.29) is 0 Å². The zero-order chi connectivity index (χ0) is 18.2. The van der Waals surface area contributed by atoms with Gasteiger partial charge in [0.1, 0.15) is 5.75 Å². The molecule has 0 atom stereocenters. The zero-order valence-corrected chi connectivity index (χ0v) is 15.6. The molecule has 4 nitrogen and oxygen atoms in total. The summed E-state index contributed by atoms with van der Waals surface area (Å²) < 4.78 is 5.47. The molecule has 0 saturated heterocycles. The van der Waals surface area contributed by atoms with Gasteiger partial charge < -0.3 is 10.1 Å². The molecule has 0 aromatic heterocycles. The fraction of sp³-hybridized carbons (Fsp3) is 0.381. The van der Waals surface area contributed by atoms with Crippen molar-refractivity contribution < 1.29 is 9.53 Å². The second-order valence-electron chi connectivity index (χ2n) is 6.25. The van der Waals surface area contributed by atoms with Crippen molar-refractivity contribution in [2.24, 2.45) is 0 Å². The van der Waals surface area contributed by atoms with Gasteiger partial charge in [0, 0.05) is 13.1 Å². The molecule has 0 saturated carbocycles. The van der Waals surface area contributed by atoms with Crippen LogP contribution in [0.5, 0.6) is 5.75 Å². The molecule has 0 unspecified atom stereocenters. The van der Waals surface area contributed by atoms with E-state index in [1.807, 2.05) is 44.2 Å². The Labute approximate surface area is 150 Å². The second kappa shape index (κ2) is 9.23. The van der Waals surface area contributed by atoms with E-state index < -0.39 is 6.09 Å². The number of benzene rings is 2. The summed E-state index contributed by atoms with van der Waals surface area (Å²) in [6.07, 6.45) is -0.424. The number of hydrogen-bond acceptors (Lipinski definition) is 3. The van der Waals surface area contributed by atoms with Crippen LogP contribution >= 0.6 is 0 Å². The molecule has 0 aliphatic rings. The molecular weight excluding hydrogens is 312 g/mol. The van der Waals surface area contributed by atoms with Crippen molar-refractivity contribution in [3.05, 3.63) is 64.7 Å². The summed E-state index contributed by atoms with van der Waals surface area (Å²) in [4.78, 5) is 14.5. The SMILES string of the molecule is CCN(CC)Cc1cccc(CNC(=O)Oc2c(C)cccc2C)c1. The summed E-state index contributed by atoms with van der Waals surface area (Å²) in [6.45, 7) is 11.6. The van der Waals surface area contributed by atoms with Gasteiger partial charge in [0.2, 0.25) is 0 Å². The minimum absolute atomic E-state index is 0.424. The lowest BCUT2D eigenvalue weighted by Crippen LogP contribution is -2.27. The predicted octanol–water partition coefficient (Wildman–Crippen LogP) is 4.43. The van der Waals surface area contributed by atoms with E-state index in [9.17, 15) is 4.79 Å². The van der Waals surface area contributed by atoms with Crippen LogP contribution in [0.25, 0.3) is 0 Å². The normalized spacial score (nSPS) is 10.8. The van der Waals surface area contributed by atoms with Crippen molar-refractivity contribution in [2.75, 3.05) is 13.1 Å². The van der Waals surface area contributed by atoms with Crippen LogP contribution in [0.2, 0.25) is 0 Å². The number of hydrogen-bond donors (Lipinski definition) is 1. The molecule has 1 amide bonds. The number of ether oxygens (including phenoxy) is 1. The van der Waals surface area contributed by atoms with Crippen LogP contribution in [0.15, 0.2) is 42.5 Å². The average Bonchev–Trinajstić information content (AvgIpc) is 2.61. The number of nitrogens with zero attached hydrogens (tertiary/aromatic N) is 1. The van der Waals surface area contributed by atoms with E-state index >= 15 is 0 Å². The van der Waals surface area contributed by atoms with Crippen molar-refractivity contribution >= 4 is 6.09 Å². The van der Waals surface area contributed by atoms with E-state index in [2.05, 4.69) is 36.2 Å². The lowest BCUT2D eigenvalue weighted by atomic mass is 10.1. The Morgan fingerprint density at radius 2 is 1.60 bits per heavy atom. The van der Waals surface area contributed by atoms with E-state index in [0.29, 0.717) is 12.3 Å². The average molecular weight is 340 g/mol. The second-order valence-corrected chi connectivity index (χ2v) is 6.25. The van der Waals surface area contributed by atoms with Crippen LogP contribution < -0.4 is 10.1 Å². The van der Waals surface area contributed by atoms with Crippen LogP contribution in [0.3, 0.4) is 0 Å². The third kappa shape index (κ3) is 5.61. The summed E-state index contributed by atoms with van der Waals surface area (Å²) >= 11 is 0. The van der Waals surface area contributed by atoms with Gasteiger partial charge in [0.05, 0.1) is 0 Å². The highest BCUT2D eigenvalue weighted by atomic mass is 16.6. The fourth-order valence-corrected chi connectivity index (χ4v) is 2.81. The number of nitrogens with one attached hydrogen (secondary N) is 1. The van der Waals surface area contributed by atoms with Crippen molar-refractivity contribution in [2.45, 2.75) is 40.8 Å². The minimum Gasteiger partial charge on any atom is -0.410 e. The van der Waals surface area contributed by atoms with Gasteiger partial charge in [0.25, 0.3) is 0 Å². The Hall–Kier alpha value is -2.33. The maximum atomic E-state index is 12.1. The molecule has 0 aliphatic carbocycles. The van der Waals surface area contributed by atoms with Gasteiger partial charge >= 0.3 is 6.09 Å². The smallest absolute Gasteiger partial charge is 0.410 e. The van der Waals surface area contributed by atoms with Crippen LogP contribution in [-0.4, -0.2) is 24.1 Å². The third-order valence-corrected chi connectivity index (χ3v) is 4.33. The molecule has 134 valence electrons.